The molecule has 0 atom stereocenters. The second-order valence-corrected chi connectivity index (χ2v) is 4.22. The quantitative estimate of drug-likeness (QED) is 0.591. The van der Waals surface area contributed by atoms with Gasteiger partial charge in [0.1, 0.15) is 6.42 Å². The highest BCUT2D eigenvalue weighted by atomic mass is 16.5. The summed E-state index contributed by atoms with van der Waals surface area (Å²) in [5.74, 6) is -0.702. The number of esters is 1. The summed E-state index contributed by atoms with van der Waals surface area (Å²) >= 11 is 0. The van der Waals surface area contributed by atoms with E-state index in [-0.39, 0.29) is 12.3 Å². The van der Waals surface area contributed by atoms with Crippen molar-refractivity contribution in [2.24, 2.45) is 0 Å². The molecule has 1 rings (SSSR count). The maximum atomic E-state index is 11.7. The molecular weight excluding hydrogens is 230 g/mol. The second-order valence-electron chi connectivity index (χ2n) is 4.22. The van der Waals surface area contributed by atoms with Crippen LogP contribution in [0.25, 0.3) is 0 Å². The Kier molecular flexibility index (Phi) is 5.36. The molecule has 0 bridgehead atoms. The standard InChI is InChI=1S/C14H19NO3/c1-4-18-14(17)9-13(16)15(3)10-12-7-5-11(2)6-8-12/h5-8H,4,9-10H2,1-3H3. The van der Waals surface area contributed by atoms with Crippen molar-refractivity contribution in [1.82, 2.24) is 4.90 Å². The van der Waals surface area contributed by atoms with Crippen LogP contribution in [0.3, 0.4) is 0 Å². The maximum absolute atomic E-state index is 11.7. The number of carbonyl (C=O) groups is 2. The summed E-state index contributed by atoms with van der Waals surface area (Å²) in [5.41, 5.74) is 2.22. The van der Waals surface area contributed by atoms with Gasteiger partial charge in [0.25, 0.3) is 0 Å². The zero-order valence-corrected chi connectivity index (χ0v) is 11.1. The van der Waals surface area contributed by atoms with Gasteiger partial charge in [-0.1, -0.05) is 29.8 Å². The molecule has 1 aromatic rings. The number of aryl methyl sites for hydroxylation is 1. The minimum Gasteiger partial charge on any atom is -0.466 e. The first-order valence-corrected chi connectivity index (χ1v) is 5.98. The van der Waals surface area contributed by atoms with E-state index in [9.17, 15) is 9.59 Å². The molecule has 4 nitrogen and oxygen atoms in total. The van der Waals surface area contributed by atoms with Gasteiger partial charge in [-0.25, -0.2) is 0 Å². The lowest BCUT2D eigenvalue weighted by atomic mass is 10.1. The molecule has 1 aromatic carbocycles. The molecule has 0 fully saturated rings. The third-order valence-electron chi connectivity index (χ3n) is 2.57. The van der Waals surface area contributed by atoms with Crippen molar-refractivity contribution in [2.75, 3.05) is 13.7 Å². The predicted octanol–water partition coefficient (Wildman–Crippen LogP) is 1.91. The lowest BCUT2D eigenvalue weighted by Crippen LogP contribution is -2.28. The molecule has 0 aromatic heterocycles. The normalized spacial score (nSPS) is 9.94. The van der Waals surface area contributed by atoms with Gasteiger partial charge in [0.2, 0.25) is 5.91 Å². The van der Waals surface area contributed by atoms with Gasteiger partial charge in [-0.2, -0.15) is 0 Å². The molecule has 0 aliphatic carbocycles. The van der Waals surface area contributed by atoms with E-state index in [1.54, 1.807) is 14.0 Å². The van der Waals surface area contributed by atoms with E-state index in [0.29, 0.717) is 13.2 Å². The zero-order chi connectivity index (χ0) is 13.5. The average molecular weight is 249 g/mol. The molecule has 1 amide bonds. The topological polar surface area (TPSA) is 46.6 Å². The molecule has 0 unspecified atom stereocenters. The summed E-state index contributed by atoms with van der Waals surface area (Å²) in [4.78, 5) is 24.4. The van der Waals surface area contributed by atoms with E-state index in [2.05, 4.69) is 0 Å². The van der Waals surface area contributed by atoms with Gasteiger partial charge < -0.3 is 9.64 Å². The number of hydrogen-bond donors (Lipinski definition) is 0. The summed E-state index contributed by atoms with van der Waals surface area (Å²) in [7, 11) is 1.68. The summed E-state index contributed by atoms with van der Waals surface area (Å²) in [6.45, 7) is 4.53. The van der Waals surface area contributed by atoms with Crippen LogP contribution in [0.1, 0.15) is 24.5 Å². The third kappa shape index (κ3) is 4.57. The zero-order valence-electron chi connectivity index (χ0n) is 11.1. The molecule has 4 heteroatoms. The monoisotopic (exact) mass is 249 g/mol. The molecule has 0 saturated heterocycles. The van der Waals surface area contributed by atoms with Crippen molar-refractivity contribution in [2.45, 2.75) is 26.8 Å². The Hall–Kier alpha value is -1.84. The Morgan fingerprint density at radius 1 is 1.22 bits per heavy atom. The van der Waals surface area contributed by atoms with E-state index in [1.165, 1.54) is 10.5 Å². The first kappa shape index (κ1) is 14.2. The van der Waals surface area contributed by atoms with Gasteiger partial charge in [0, 0.05) is 13.6 Å². The van der Waals surface area contributed by atoms with Gasteiger partial charge in [-0.05, 0) is 19.4 Å². The SMILES string of the molecule is CCOC(=O)CC(=O)N(C)Cc1ccc(C)cc1. The summed E-state index contributed by atoms with van der Waals surface area (Å²) in [6, 6.07) is 7.95. The van der Waals surface area contributed by atoms with Crippen molar-refractivity contribution in [3.05, 3.63) is 35.4 Å². The van der Waals surface area contributed by atoms with Crippen LogP contribution in [0.2, 0.25) is 0 Å². The van der Waals surface area contributed by atoms with Crippen LogP contribution < -0.4 is 0 Å². The summed E-state index contributed by atoms with van der Waals surface area (Å²) in [6.07, 6.45) is -0.198. The van der Waals surface area contributed by atoms with E-state index < -0.39 is 5.97 Å². The fourth-order valence-electron chi connectivity index (χ4n) is 1.53. The Morgan fingerprint density at radius 3 is 2.39 bits per heavy atom. The van der Waals surface area contributed by atoms with E-state index >= 15 is 0 Å². The molecule has 0 aliphatic heterocycles. The van der Waals surface area contributed by atoms with Crippen LogP contribution in [-0.2, 0) is 20.9 Å². The highest BCUT2D eigenvalue weighted by Crippen LogP contribution is 2.07. The van der Waals surface area contributed by atoms with Crippen LogP contribution in [0.15, 0.2) is 24.3 Å². The molecule has 18 heavy (non-hydrogen) atoms. The van der Waals surface area contributed by atoms with Crippen LogP contribution in [0.4, 0.5) is 0 Å². The van der Waals surface area contributed by atoms with Crippen molar-refractivity contribution >= 4 is 11.9 Å². The smallest absolute Gasteiger partial charge is 0.315 e. The number of hydrogen-bond acceptors (Lipinski definition) is 3. The third-order valence-corrected chi connectivity index (χ3v) is 2.57. The Balaban J connectivity index is 2.49. The van der Waals surface area contributed by atoms with E-state index in [1.807, 2.05) is 31.2 Å². The highest BCUT2D eigenvalue weighted by Gasteiger charge is 2.14. The largest absolute Gasteiger partial charge is 0.466 e. The number of carbonyl (C=O) groups excluding carboxylic acids is 2. The van der Waals surface area contributed by atoms with Gasteiger partial charge in [0.15, 0.2) is 0 Å². The summed E-state index contributed by atoms with van der Waals surface area (Å²) < 4.78 is 4.74. The number of amides is 1. The number of ether oxygens (including phenoxy) is 1. The number of benzene rings is 1. The minimum atomic E-state index is -0.474. The highest BCUT2D eigenvalue weighted by molar-refractivity contribution is 5.94. The Morgan fingerprint density at radius 2 is 1.83 bits per heavy atom. The van der Waals surface area contributed by atoms with Crippen molar-refractivity contribution in [1.29, 1.82) is 0 Å². The second kappa shape index (κ2) is 6.79. The molecule has 0 saturated carbocycles. The number of rotatable bonds is 5. The van der Waals surface area contributed by atoms with Crippen molar-refractivity contribution in [3.8, 4) is 0 Å². The Bertz CT molecular complexity index is 412. The summed E-state index contributed by atoms with van der Waals surface area (Å²) in [5, 5.41) is 0. The molecule has 0 aliphatic rings. The first-order chi connectivity index (χ1) is 8.52. The predicted molar refractivity (Wildman–Crippen MR) is 68.9 cm³/mol. The van der Waals surface area contributed by atoms with Crippen molar-refractivity contribution < 1.29 is 14.3 Å². The van der Waals surface area contributed by atoms with Crippen LogP contribution in [-0.4, -0.2) is 30.4 Å². The van der Waals surface area contributed by atoms with Crippen molar-refractivity contribution in [3.63, 3.8) is 0 Å². The number of nitrogens with zero attached hydrogens (tertiary/aromatic N) is 1. The van der Waals surface area contributed by atoms with Gasteiger partial charge in [0.05, 0.1) is 6.61 Å². The fraction of sp³-hybridized carbons (Fsp3) is 0.429. The van der Waals surface area contributed by atoms with Gasteiger partial charge >= 0.3 is 5.97 Å². The van der Waals surface area contributed by atoms with Gasteiger partial charge in [-0.3, -0.25) is 9.59 Å². The molecule has 0 spiro atoms. The van der Waals surface area contributed by atoms with E-state index in [0.717, 1.165) is 5.56 Å². The lowest BCUT2D eigenvalue weighted by molar-refractivity contribution is -0.148. The van der Waals surface area contributed by atoms with Crippen LogP contribution in [0.5, 0.6) is 0 Å². The van der Waals surface area contributed by atoms with Crippen LogP contribution in [0, 0.1) is 6.92 Å². The first-order valence-electron chi connectivity index (χ1n) is 5.98. The minimum absolute atomic E-state index is 0.198. The molecule has 98 valence electrons. The lowest BCUT2D eigenvalue weighted by Gasteiger charge is -2.16. The average Bonchev–Trinajstić information content (AvgIpc) is 2.32. The molecular formula is C14H19NO3. The van der Waals surface area contributed by atoms with Crippen LogP contribution >= 0.6 is 0 Å². The maximum Gasteiger partial charge on any atom is 0.315 e. The fourth-order valence-corrected chi connectivity index (χ4v) is 1.53. The molecule has 0 radical (unpaired) electrons. The Labute approximate surface area is 108 Å². The van der Waals surface area contributed by atoms with E-state index in [4.69, 9.17) is 4.74 Å². The molecule has 0 N–H and O–H groups in total. The molecule has 0 heterocycles. The van der Waals surface area contributed by atoms with Gasteiger partial charge in [-0.15, -0.1) is 0 Å².